The predicted molar refractivity (Wildman–Crippen MR) is 142 cm³/mol. The van der Waals surface area contributed by atoms with Crippen molar-refractivity contribution in [2.24, 2.45) is 0 Å². The molecular weight excluding hydrogens is 539 g/mol. The molecule has 12 heteroatoms. The second-order valence-corrected chi connectivity index (χ2v) is 10.4. The van der Waals surface area contributed by atoms with Gasteiger partial charge in [0, 0.05) is 6.07 Å². The fourth-order valence-corrected chi connectivity index (χ4v) is 5.05. The molecule has 1 unspecified atom stereocenters. The summed E-state index contributed by atoms with van der Waals surface area (Å²) in [5.74, 6) is 0.416. The van der Waals surface area contributed by atoms with Crippen LogP contribution in [0, 0.1) is 5.82 Å². The molecule has 38 heavy (non-hydrogen) atoms. The summed E-state index contributed by atoms with van der Waals surface area (Å²) in [7, 11) is 0.0252. The number of nitrogens with zero attached hydrogens (tertiary/aromatic N) is 1. The van der Waals surface area contributed by atoms with Gasteiger partial charge in [-0.1, -0.05) is 11.6 Å². The number of rotatable bonds is 12. The minimum Gasteiger partial charge on any atom is -0.497 e. The van der Waals surface area contributed by atoms with E-state index >= 15 is 0 Å². The molecule has 0 fully saturated rings. The molecule has 3 aromatic rings. The number of ether oxygens (including phenoxy) is 4. The van der Waals surface area contributed by atoms with E-state index in [0.29, 0.717) is 17.2 Å². The van der Waals surface area contributed by atoms with Gasteiger partial charge in [-0.05, 0) is 61.5 Å². The van der Waals surface area contributed by atoms with Crippen molar-refractivity contribution in [1.82, 2.24) is 5.32 Å². The third-order valence-electron chi connectivity index (χ3n) is 5.39. The lowest BCUT2D eigenvalue weighted by atomic mass is 10.3. The third kappa shape index (κ3) is 6.99. The number of anilines is 1. The Bertz CT molecular complexity index is 1370. The Morgan fingerprint density at radius 3 is 2.21 bits per heavy atom. The summed E-state index contributed by atoms with van der Waals surface area (Å²) in [6.07, 6.45) is 0. The van der Waals surface area contributed by atoms with Gasteiger partial charge in [0.25, 0.3) is 10.0 Å². The molecule has 204 valence electrons. The Balaban J connectivity index is 1.82. The van der Waals surface area contributed by atoms with Crippen LogP contribution in [0.5, 0.6) is 23.0 Å². The largest absolute Gasteiger partial charge is 0.497 e. The maximum absolute atomic E-state index is 13.8. The molecule has 0 aromatic heterocycles. The number of hydrogen-bond donors (Lipinski definition) is 1. The normalized spacial score (nSPS) is 11.8. The number of amides is 1. The summed E-state index contributed by atoms with van der Waals surface area (Å²) in [5, 5.41) is 2.42. The zero-order chi connectivity index (χ0) is 27.9. The first-order valence-corrected chi connectivity index (χ1v) is 13.2. The molecule has 0 aliphatic heterocycles. The second-order valence-electron chi connectivity index (χ2n) is 8.08. The van der Waals surface area contributed by atoms with Crippen LogP contribution in [0.15, 0.2) is 65.6 Å². The summed E-state index contributed by atoms with van der Waals surface area (Å²) in [6, 6.07) is 13.9. The minimum absolute atomic E-state index is 0.00321. The van der Waals surface area contributed by atoms with E-state index in [2.05, 4.69) is 5.32 Å². The van der Waals surface area contributed by atoms with E-state index in [9.17, 15) is 17.6 Å². The maximum atomic E-state index is 13.8. The van der Waals surface area contributed by atoms with E-state index in [0.717, 1.165) is 16.4 Å². The first kappa shape index (κ1) is 28.9. The lowest BCUT2D eigenvalue weighted by Crippen LogP contribution is -2.45. The summed E-state index contributed by atoms with van der Waals surface area (Å²) in [4.78, 5) is 12.8. The molecule has 0 saturated heterocycles. The highest BCUT2D eigenvalue weighted by atomic mass is 35.5. The quantitative estimate of drug-likeness (QED) is 0.349. The zero-order valence-electron chi connectivity index (χ0n) is 21.2. The Labute approximate surface area is 226 Å². The van der Waals surface area contributed by atoms with E-state index in [-0.39, 0.29) is 28.0 Å². The molecular formula is C26H28ClFN2O7S. The lowest BCUT2D eigenvalue weighted by Gasteiger charge is -2.25. The van der Waals surface area contributed by atoms with Gasteiger partial charge in [0.15, 0.2) is 11.5 Å². The monoisotopic (exact) mass is 566 g/mol. The van der Waals surface area contributed by atoms with Crippen molar-refractivity contribution in [2.75, 3.05) is 38.8 Å². The molecule has 0 saturated carbocycles. The number of benzene rings is 3. The standard InChI is InChI=1S/C26H28ClFN2O7S/c1-17(16-37-20-8-6-19(34-2)7-9-20)29-26(31)15-30(18-5-11-23(28)22(27)13-18)38(32,33)21-10-12-24(35-3)25(14-21)36-4/h5-14,17H,15-16H2,1-4H3,(H,29,31). The van der Waals surface area contributed by atoms with Gasteiger partial charge < -0.3 is 24.3 Å². The molecule has 3 aromatic carbocycles. The summed E-state index contributed by atoms with van der Waals surface area (Å²) in [6.45, 7) is 1.23. The van der Waals surface area contributed by atoms with Gasteiger partial charge in [-0.25, -0.2) is 12.8 Å². The topological polar surface area (TPSA) is 103 Å². The van der Waals surface area contributed by atoms with Crippen molar-refractivity contribution < 1.29 is 36.6 Å². The molecule has 0 aliphatic carbocycles. The highest BCUT2D eigenvalue weighted by Crippen LogP contribution is 2.33. The van der Waals surface area contributed by atoms with Gasteiger partial charge >= 0.3 is 0 Å². The van der Waals surface area contributed by atoms with Crippen molar-refractivity contribution >= 4 is 33.2 Å². The number of carbonyl (C=O) groups is 1. The van der Waals surface area contributed by atoms with Crippen LogP contribution in [0.3, 0.4) is 0 Å². The lowest BCUT2D eigenvalue weighted by molar-refractivity contribution is -0.120. The Kier molecular flexibility index (Phi) is 9.65. The van der Waals surface area contributed by atoms with Crippen molar-refractivity contribution in [2.45, 2.75) is 17.9 Å². The van der Waals surface area contributed by atoms with Crippen molar-refractivity contribution in [3.05, 3.63) is 71.5 Å². The molecule has 3 rings (SSSR count). The van der Waals surface area contributed by atoms with Gasteiger partial charge in [-0.2, -0.15) is 0 Å². The molecule has 0 bridgehead atoms. The summed E-state index contributed by atoms with van der Waals surface area (Å²) < 4.78 is 63.2. The highest BCUT2D eigenvalue weighted by molar-refractivity contribution is 7.92. The van der Waals surface area contributed by atoms with Gasteiger partial charge in [0.05, 0.1) is 43.0 Å². The molecule has 0 aliphatic rings. The van der Waals surface area contributed by atoms with Crippen LogP contribution in [0.25, 0.3) is 0 Å². The number of carbonyl (C=O) groups excluding carboxylic acids is 1. The Morgan fingerprint density at radius 2 is 1.61 bits per heavy atom. The SMILES string of the molecule is COc1ccc(OCC(C)NC(=O)CN(c2ccc(F)c(Cl)c2)S(=O)(=O)c2ccc(OC)c(OC)c2)cc1. The van der Waals surface area contributed by atoms with Crippen molar-refractivity contribution in [1.29, 1.82) is 0 Å². The first-order valence-electron chi connectivity index (χ1n) is 11.3. The van der Waals surface area contributed by atoms with E-state index in [1.165, 1.54) is 38.5 Å². The van der Waals surface area contributed by atoms with Crippen LogP contribution in [0.1, 0.15) is 6.92 Å². The molecule has 9 nitrogen and oxygen atoms in total. The number of methoxy groups -OCH3 is 3. The number of sulfonamides is 1. The van der Waals surface area contributed by atoms with Crippen LogP contribution in [0.2, 0.25) is 5.02 Å². The van der Waals surface area contributed by atoms with Crippen molar-refractivity contribution in [3.63, 3.8) is 0 Å². The van der Waals surface area contributed by atoms with E-state index in [4.69, 9.17) is 30.5 Å². The smallest absolute Gasteiger partial charge is 0.264 e. The average molecular weight is 567 g/mol. The summed E-state index contributed by atoms with van der Waals surface area (Å²) >= 11 is 5.92. The molecule has 0 spiro atoms. The van der Waals surface area contributed by atoms with E-state index in [1.54, 1.807) is 38.3 Å². The highest BCUT2D eigenvalue weighted by Gasteiger charge is 2.29. The number of hydrogen-bond acceptors (Lipinski definition) is 7. The average Bonchev–Trinajstić information content (AvgIpc) is 2.91. The summed E-state index contributed by atoms with van der Waals surface area (Å²) in [5.41, 5.74) is 0.00321. The fraction of sp³-hybridized carbons (Fsp3) is 0.269. The Hall–Kier alpha value is -3.70. The van der Waals surface area contributed by atoms with Gasteiger partial charge in [0.2, 0.25) is 5.91 Å². The van der Waals surface area contributed by atoms with Crippen LogP contribution < -0.4 is 28.6 Å². The second kappa shape index (κ2) is 12.7. The molecule has 0 heterocycles. The van der Waals surface area contributed by atoms with Gasteiger partial charge in [-0.15, -0.1) is 0 Å². The predicted octanol–water partition coefficient (Wildman–Crippen LogP) is 4.28. The Morgan fingerprint density at radius 1 is 0.947 bits per heavy atom. The van der Waals surface area contributed by atoms with Crippen LogP contribution in [-0.2, 0) is 14.8 Å². The zero-order valence-corrected chi connectivity index (χ0v) is 22.8. The van der Waals surface area contributed by atoms with Gasteiger partial charge in [0.1, 0.15) is 30.5 Å². The van der Waals surface area contributed by atoms with Crippen LogP contribution in [0.4, 0.5) is 10.1 Å². The molecule has 0 radical (unpaired) electrons. The maximum Gasteiger partial charge on any atom is 0.264 e. The van der Waals surface area contributed by atoms with E-state index < -0.39 is 34.3 Å². The number of nitrogens with one attached hydrogen (secondary N) is 1. The number of halogens is 2. The van der Waals surface area contributed by atoms with E-state index in [1.807, 2.05) is 0 Å². The minimum atomic E-state index is -4.32. The van der Waals surface area contributed by atoms with Gasteiger partial charge in [-0.3, -0.25) is 9.10 Å². The molecule has 1 atom stereocenters. The first-order chi connectivity index (χ1) is 18.1. The van der Waals surface area contributed by atoms with Crippen molar-refractivity contribution in [3.8, 4) is 23.0 Å². The fourth-order valence-electron chi connectivity index (χ4n) is 3.45. The van der Waals surface area contributed by atoms with Crippen LogP contribution in [-0.4, -0.2) is 54.8 Å². The molecule has 1 amide bonds. The van der Waals surface area contributed by atoms with Crippen LogP contribution >= 0.6 is 11.6 Å². The third-order valence-corrected chi connectivity index (χ3v) is 7.45. The molecule has 1 N–H and O–H groups in total.